The minimum atomic E-state index is -1.06. The van der Waals surface area contributed by atoms with Crippen LogP contribution in [0, 0.1) is 0 Å². The first-order valence-corrected chi connectivity index (χ1v) is 13.5. The van der Waals surface area contributed by atoms with E-state index in [0.29, 0.717) is 51.6 Å². The van der Waals surface area contributed by atoms with Crippen LogP contribution in [-0.4, -0.2) is 71.0 Å². The van der Waals surface area contributed by atoms with Crippen molar-refractivity contribution >= 4 is 23.7 Å². The predicted molar refractivity (Wildman–Crippen MR) is 147 cm³/mol. The van der Waals surface area contributed by atoms with Crippen LogP contribution in [0.3, 0.4) is 0 Å². The molecule has 1 heterocycles. The number of rotatable bonds is 14. The van der Waals surface area contributed by atoms with Crippen molar-refractivity contribution in [1.29, 1.82) is 0 Å². The van der Waals surface area contributed by atoms with E-state index in [1.807, 2.05) is 60.7 Å². The van der Waals surface area contributed by atoms with E-state index in [0.717, 1.165) is 11.1 Å². The molecule has 1 aliphatic rings. The second-order valence-corrected chi connectivity index (χ2v) is 9.92. The lowest BCUT2D eigenvalue weighted by atomic mass is 10.0. The number of amides is 3. The van der Waals surface area contributed by atoms with Crippen LogP contribution in [-0.2, 0) is 32.0 Å². The standard InChI is InChI=1S/C29H39N5O5/c30-16-8-7-14-23(32-26(35)22(31)18-20-10-3-1-4-11-20)27(36)33-24(19-21-12-5-2-6-13-21)28(37)34-17-9-15-25(34)29(38)39/h1-6,10-13,22-25H,7-9,14-19,30-31H2,(H,32,35)(H,33,36)(H,38,39). The zero-order valence-corrected chi connectivity index (χ0v) is 22.1. The van der Waals surface area contributed by atoms with Crippen LogP contribution in [0.25, 0.3) is 0 Å². The summed E-state index contributed by atoms with van der Waals surface area (Å²) in [5.74, 6) is -2.51. The Morgan fingerprint density at radius 2 is 1.46 bits per heavy atom. The van der Waals surface area contributed by atoms with Gasteiger partial charge in [-0.2, -0.15) is 0 Å². The van der Waals surface area contributed by atoms with E-state index in [1.165, 1.54) is 4.90 Å². The van der Waals surface area contributed by atoms with Crippen LogP contribution < -0.4 is 22.1 Å². The molecule has 4 atom stereocenters. The van der Waals surface area contributed by atoms with Crippen molar-refractivity contribution in [3.63, 3.8) is 0 Å². The SMILES string of the molecule is NCCCCC(NC(=O)C(N)Cc1ccccc1)C(=O)NC(Cc1ccccc1)C(=O)N1CCCC1C(=O)O. The number of nitrogens with zero attached hydrogens (tertiary/aromatic N) is 1. The number of nitrogens with one attached hydrogen (secondary N) is 2. The van der Waals surface area contributed by atoms with Gasteiger partial charge < -0.3 is 32.1 Å². The fourth-order valence-electron chi connectivity index (χ4n) is 4.81. The summed E-state index contributed by atoms with van der Waals surface area (Å²) < 4.78 is 0. The highest BCUT2D eigenvalue weighted by Gasteiger charge is 2.38. The number of carbonyl (C=O) groups excluding carboxylic acids is 3. The van der Waals surface area contributed by atoms with Gasteiger partial charge in [0.1, 0.15) is 18.1 Å². The molecule has 2 aromatic carbocycles. The first-order chi connectivity index (χ1) is 18.8. The van der Waals surface area contributed by atoms with Crippen LogP contribution in [0.5, 0.6) is 0 Å². The molecule has 3 rings (SSSR count). The molecule has 39 heavy (non-hydrogen) atoms. The highest BCUT2D eigenvalue weighted by molar-refractivity contribution is 5.94. The molecule has 1 aliphatic heterocycles. The van der Waals surface area contributed by atoms with Crippen molar-refractivity contribution in [2.45, 2.75) is 69.1 Å². The summed E-state index contributed by atoms with van der Waals surface area (Å²) in [5.41, 5.74) is 13.5. The van der Waals surface area contributed by atoms with Gasteiger partial charge in [-0.1, -0.05) is 60.7 Å². The average molecular weight is 538 g/mol. The quantitative estimate of drug-likeness (QED) is 0.224. The van der Waals surface area contributed by atoms with Gasteiger partial charge in [-0.15, -0.1) is 0 Å². The molecular weight excluding hydrogens is 498 g/mol. The third-order valence-electron chi connectivity index (χ3n) is 6.93. The Bertz CT molecular complexity index is 1100. The summed E-state index contributed by atoms with van der Waals surface area (Å²) in [4.78, 5) is 53.1. The highest BCUT2D eigenvalue weighted by atomic mass is 16.4. The van der Waals surface area contributed by atoms with Crippen LogP contribution in [0.2, 0.25) is 0 Å². The molecule has 4 unspecified atom stereocenters. The van der Waals surface area contributed by atoms with Gasteiger partial charge in [0.25, 0.3) is 0 Å². The second-order valence-electron chi connectivity index (χ2n) is 9.92. The zero-order chi connectivity index (χ0) is 28.2. The predicted octanol–water partition coefficient (Wildman–Crippen LogP) is 0.973. The molecule has 0 bridgehead atoms. The molecule has 0 aliphatic carbocycles. The van der Waals surface area contributed by atoms with Crippen LogP contribution in [0.15, 0.2) is 60.7 Å². The number of carbonyl (C=O) groups is 4. The zero-order valence-electron chi connectivity index (χ0n) is 22.1. The molecule has 0 spiro atoms. The first-order valence-electron chi connectivity index (χ1n) is 13.5. The molecular formula is C29H39N5O5. The third-order valence-corrected chi connectivity index (χ3v) is 6.93. The summed E-state index contributed by atoms with van der Waals surface area (Å²) in [6.45, 7) is 0.748. The minimum absolute atomic E-state index is 0.186. The van der Waals surface area contributed by atoms with E-state index >= 15 is 0 Å². The lowest BCUT2D eigenvalue weighted by Crippen LogP contribution is -2.57. The number of benzene rings is 2. The maximum absolute atomic E-state index is 13.5. The molecule has 10 nitrogen and oxygen atoms in total. The van der Waals surface area contributed by atoms with E-state index in [2.05, 4.69) is 10.6 Å². The summed E-state index contributed by atoms with van der Waals surface area (Å²) >= 11 is 0. The van der Waals surface area contributed by atoms with E-state index in [-0.39, 0.29) is 6.42 Å². The largest absolute Gasteiger partial charge is 0.480 e. The third kappa shape index (κ3) is 8.90. The molecule has 2 aromatic rings. The number of hydrogen-bond donors (Lipinski definition) is 5. The number of likely N-dealkylation sites (tertiary alicyclic amines) is 1. The number of aliphatic carboxylic acids is 1. The summed E-state index contributed by atoms with van der Waals surface area (Å²) in [5, 5.41) is 15.2. The van der Waals surface area contributed by atoms with Gasteiger partial charge in [0, 0.05) is 13.0 Å². The Kier molecular flexibility index (Phi) is 11.4. The number of carboxylic acid groups (broad SMARTS) is 1. The summed E-state index contributed by atoms with van der Waals surface area (Å²) in [6, 6.07) is 14.8. The van der Waals surface area contributed by atoms with Crippen LogP contribution in [0.1, 0.15) is 43.2 Å². The van der Waals surface area contributed by atoms with Crippen molar-refractivity contribution < 1.29 is 24.3 Å². The van der Waals surface area contributed by atoms with Crippen molar-refractivity contribution in [2.24, 2.45) is 11.5 Å². The number of nitrogens with two attached hydrogens (primary N) is 2. The number of hydrogen-bond acceptors (Lipinski definition) is 6. The monoisotopic (exact) mass is 537 g/mol. The minimum Gasteiger partial charge on any atom is -0.480 e. The van der Waals surface area contributed by atoms with E-state index in [4.69, 9.17) is 11.5 Å². The fraction of sp³-hybridized carbons (Fsp3) is 0.448. The smallest absolute Gasteiger partial charge is 0.326 e. The van der Waals surface area contributed by atoms with Crippen molar-refractivity contribution in [2.75, 3.05) is 13.1 Å². The molecule has 10 heteroatoms. The Morgan fingerprint density at radius 3 is 2.05 bits per heavy atom. The Balaban J connectivity index is 1.76. The Labute approximate surface area is 229 Å². The highest BCUT2D eigenvalue weighted by Crippen LogP contribution is 2.20. The van der Waals surface area contributed by atoms with E-state index in [1.54, 1.807) is 0 Å². The molecule has 0 aromatic heterocycles. The molecule has 0 saturated carbocycles. The van der Waals surface area contributed by atoms with Gasteiger partial charge in [-0.05, 0) is 56.2 Å². The van der Waals surface area contributed by atoms with Gasteiger partial charge in [-0.25, -0.2) is 4.79 Å². The molecule has 210 valence electrons. The van der Waals surface area contributed by atoms with Crippen molar-refractivity contribution in [1.82, 2.24) is 15.5 Å². The molecule has 3 amide bonds. The lowest BCUT2D eigenvalue weighted by Gasteiger charge is -2.29. The number of unbranched alkanes of at least 4 members (excludes halogenated alkanes) is 1. The summed E-state index contributed by atoms with van der Waals surface area (Å²) in [7, 11) is 0. The lowest BCUT2D eigenvalue weighted by molar-refractivity contribution is -0.149. The topological polar surface area (TPSA) is 168 Å². The fourth-order valence-corrected chi connectivity index (χ4v) is 4.81. The van der Waals surface area contributed by atoms with Gasteiger partial charge in [0.15, 0.2) is 0 Å². The Hall–Kier alpha value is -3.76. The van der Waals surface area contributed by atoms with E-state index in [9.17, 15) is 24.3 Å². The van der Waals surface area contributed by atoms with Gasteiger partial charge in [-0.3, -0.25) is 14.4 Å². The first kappa shape index (κ1) is 29.8. The summed E-state index contributed by atoms with van der Waals surface area (Å²) in [6.07, 6.45) is 3.01. The van der Waals surface area contributed by atoms with Gasteiger partial charge in [0.05, 0.1) is 6.04 Å². The van der Waals surface area contributed by atoms with Crippen molar-refractivity contribution in [3.05, 3.63) is 71.8 Å². The van der Waals surface area contributed by atoms with Crippen molar-refractivity contribution in [3.8, 4) is 0 Å². The van der Waals surface area contributed by atoms with E-state index < -0.39 is 47.9 Å². The van der Waals surface area contributed by atoms with Gasteiger partial charge in [0.2, 0.25) is 17.7 Å². The maximum Gasteiger partial charge on any atom is 0.326 e. The van der Waals surface area contributed by atoms with Gasteiger partial charge >= 0.3 is 5.97 Å². The molecule has 7 N–H and O–H groups in total. The molecule has 1 fully saturated rings. The van der Waals surface area contributed by atoms with Crippen LogP contribution >= 0.6 is 0 Å². The molecule has 1 saturated heterocycles. The Morgan fingerprint density at radius 1 is 0.872 bits per heavy atom. The van der Waals surface area contributed by atoms with Crippen LogP contribution in [0.4, 0.5) is 0 Å². The second kappa shape index (κ2) is 15.0. The maximum atomic E-state index is 13.5. The molecule has 0 radical (unpaired) electrons. The average Bonchev–Trinajstić information content (AvgIpc) is 3.43. The normalized spacial score (nSPS) is 17.2. The number of carboxylic acids is 1.